The number of nitrogens with zero attached hydrogens (tertiary/aromatic N) is 1. The molecule has 0 saturated carbocycles. The molecule has 1 N–H and O–H groups in total. The van der Waals surface area contributed by atoms with Gasteiger partial charge >= 0.3 is 5.97 Å². The number of hydrogen-bond acceptors (Lipinski definition) is 5. The fourth-order valence-electron chi connectivity index (χ4n) is 2.27. The van der Waals surface area contributed by atoms with Crippen LogP contribution in [0.25, 0.3) is 0 Å². The number of nitro benzene ring substituents is 1. The molecule has 0 fully saturated rings. The first-order valence-corrected chi connectivity index (χ1v) is 8.65. The van der Waals surface area contributed by atoms with Gasteiger partial charge in [0.15, 0.2) is 0 Å². The van der Waals surface area contributed by atoms with Crippen LogP contribution in [0.15, 0.2) is 18.2 Å². The van der Waals surface area contributed by atoms with Crippen LogP contribution in [0.3, 0.4) is 0 Å². The molecule has 1 aromatic carbocycles. The van der Waals surface area contributed by atoms with E-state index in [0.29, 0.717) is 6.42 Å². The number of amides is 1. The Balaban J connectivity index is 3.28. The monoisotopic (exact) mass is 374 g/mol. The summed E-state index contributed by atoms with van der Waals surface area (Å²) < 4.78 is 4.75. The second-order valence-corrected chi connectivity index (χ2v) is 7.67. The molecular weight excluding hydrogens is 348 g/mol. The van der Waals surface area contributed by atoms with E-state index >= 15 is 0 Å². The lowest BCUT2D eigenvalue weighted by molar-refractivity contribution is -0.384. The minimum atomic E-state index is -0.805. The van der Waals surface area contributed by atoms with Crippen LogP contribution >= 0.6 is 0 Å². The van der Waals surface area contributed by atoms with Gasteiger partial charge in [0.2, 0.25) is 0 Å². The molecule has 1 rings (SSSR count). The maximum atomic E-state index is 12.7. The highest BCUT2D eigenvalue weighted by molar-refractivity contribution is 5.99. The van der Waals surface area contributed by atoms with Gasteiger partial charge in [-0.1, -0.05) is 25.7 Å². The second-order valence-electron chi connectivity index (χ2n) is 7.67. The van der Waals surface area contributed by atoms with Crippen molar-refractivity contribution in [3.63, 3.8) is 0 Å². The first kappa shape index (κ1) is 22.2. The highest BCUT2D eigenvalue weighted by Gasteiger charge is 2.25. The lowest BCUT2D eigenvalue weighted by Gasteiger charge is -2.18. The fraction of sp³-hybridized carbons (Fsp3) is 0.500. The quantitative estimate of drug-likeness (QED) is 0.356. The predicted molar refractivity (Wildman–Crippen MR) is 102 cm³/mol. The van der Waals surface area contributed by atoms with Gasteiger partial charge in [-0.3, -0.25) is 14.9 Å². The second kappa shape index (κ2) is 9.17. The molecular formula is C20H26N2O5. The van der Waals surface area contributed by atoms with Crippen LogP contribution in [0.5, 0.6) is 0 Å². The van der Waals surface area contributed by atoms with E-state index < -0.39 is 22.8 Å². The summed E-state index contributed by atoms with van der Waals surface area (Å²) in [6.07, 6.45) is 0.411. The number of carbonyl (C=O) groups excluding carboxylic acids is 2. The number of esters is 1. The minimum Gasteiger partial charge on any atom is -0.467 e. The highest BCUT2D eigenvalue weighted by Crippen LogP contribution is 2.19. The molecule has 146 valence electrons. The van der Waals surface area contributed by atoms with Gasteiger partial charge in [0, 0.05) is 23.1 Å². The van der Waals surface area contributed by atoms with E-state index in [2.05, 4.69) is 17.2 Å². The molecule has 0 aliphatic heterocycles. The summed E-state index contributed by atoms with van der Waals surface area (Å²) in [6, 6.07) is 3.06. The van der Waals surface area contributed by atoms with Crippen molar-refractivity contribution >= 4 is 17.6 Å². The summed E-state index contributed by atoms with van der Waals surface area (Å²) in [6.45, 7) is 9.54. The Morgan fingerprint density at radius 1 is 1.30 bits per heavy atom. The van der Waals surface area contributed by atoms with Crippen molar-refractivity contribution in [1.29, 1.82) is 0 Å². The molecule has 0 heterocycles. The molecule has 1 aromatic rings. The van der Waals surface area contributed by atoms with Gasteiger partial charge in [0.05, 0.1) is 17.6 Å². The van der Waals surface area contributed by atoms with E-state index in [1.54, 1.807) is 0 Å². The number of carbonyl (C=O) groups is 2. The lowest BCUT2D eigenvalue weighted by Crippen LogP contribution is -2.42. The zero-order chi connectivity index (χ0) is 20.8. The molecule has 1 amide bonds. The number of nitrogens with one attached hydrogen (secondary N) is 1. The van der Waals surface area contributed by atoms with Crippen LogP contribution in [0.4, 0.5) is 5.69 Å². The summed E-state index contributed by atoms with van der Waals surface area (Å²) >= 11 is 0. The number of nitro groups is 1. The largest absolute Gasteiger partial charge is 0.467 e. The van der Waals surface area contributed by atoms with Crippen molar-refractivity contribution in [2.24, 2.45) is 11.3 Å². The van der Waals surface area contributed by atoms with E-state index in [4.69, 9.17) is 4.74 Å². The molecule has 0 spiro atoms. The number of rotatable bonds is 6. The lowest BCUT2D eigenvalue weighted by atomic mass is 9.96. The van der Waals surface area contributed by atoms with Crippen LogP contribution < -0.4 is 5.32 Å². The third-order valence-electron chi connectivity index (χ3n) is 3.53. The van der Waals surface area contributed by atoms with Gasteiger partial charge in [0.25, 0.3) is 11.6 Å². The smallest absolute Gasteiger partial charge is 0.328 e. The standard InChI is InChI=1S/C20H26N2O5/c1-13(2)11-17(19(24)27-6)21-18(23)16-8-7-15(22(25)26)12-14(16)9-10-20(3,4)5/h7-8,12-13,17H,11H2,1-6H3,(H,21,23). The van der Waals surface area contributed by atoms with Crippen LogP contribution in [-0.2, 0) is 9.53 Å². The van der Waals surface area contributed by atoms with E-state index in [1.807, 2.05) is 34.6 Å². The number of ether oxygens (including phenoxy) is 1. The highest BCUT2D eigenvalue weighted by atomic mass is 16.6. The SMILES string of the molecule is COC(=O)C(CC(C)C)NC(=O)c1ccc([N+](=O)[O-])cc1C#CC(C)(C)C. The molecule has 0 aliphatic carbocycles. The summed E-state index contributed by atoms with van der Waals surface area (Å²) in [5.74, 6) is 4.92. The number of benzene rings is 1. The average molecular weight is 374 g/mol. The number of non-ortho nitro benzene ring substituents is 1. The van der Waals surface area contributed by atoms with Crippen molar-refractivity contribution in [2.45, 2.75) is 47.1 Å². The molecule has 0 bridgehead atoms. The van der Waals surface area contributed by atoms with Gasteiger partial charge < -0.3 is 10.1 Å². The third-order valence-corrected chi connectivity index (χ3v) is 3.53. The van der Waals surface area contributed by atoms with Gasteiger partial charge in [-0.05, 0) is 39.2 Å². The summed E-state index contributed by atoms with van der Waals surface area (Å²) in [5.41, 5.74) is -0.0823. The molecule has 0 aliphatic rings. The van der Waals surface area contributed by atoms with Crippen molar-refractivity contribution in [1.82, 2.24) is 5.32 Å². The van der Waals surface area contributed by atoms with Crippen molar-refractivity contribution in [3.05, 3.63) is 39.4 Å². The maximum absolute atomic E-state index is 12.7. The summed E-state index contributed by atoms with van der Waals surface area (Å²) in [5, 5.41) is 13.7. The minimum absolute atomic E-state index is 0.156. The van der Waals surface area contributed by atoms with Gasteiger partial charge in [-0.15, -0.1) is 0 Å². The molecule has 0 saturated heterocycles. The normalized spacial score (nSPS) is 12.0. The van der Waals surface area contributed by atoms with Crippen molar-refractivity contribution < 1.29 is 19.2 Å². The van der Waals surface area contributed by atoms with Crippen LogP contribution in [0.2, 0.25) is 0 Å². The summed E-state index contributed by atoms with van der Waals surface area (Å²) in [4.78, 5) is 35.2. The number of methoxy groups -OCH3 is 1. The van der Waals surface area contributed by atoms with Gasteiger partial charge in [-0.2, -0.15) is 0 Å². The molecule has 1 atom stereocenters. The molecule has 27 heavy (non-hydrogen) atoms. The first-order chi connectivity index (χ1) is 12.4. The predicted octanol–water partition coefficient (Wildman–Crippen LogP) is 3.31. The Kier molecular flexibility index (Phi) is 7.53. The fourth-order valence-corrected chi connectivity index (χ4v) is 2.27. The molecule has 7 nitrogen and oxygen atoms in total. The Morgan fingerprint density at radius 3 is 2.41 bits per heavy atom. The molecule has 7 heteroatoms. The van der Waals surface area contributed by atoms with Crippen LogP contribution in [0.1, 0.15) is 57.0 Å². The van der Waals surface area contributed by atoms with E-state index in [0.717, 1.165) is 0 Å². The van der Waals surface area contributed by atoms with Crippen LogP contribution in [-0.4, -0.2) is 30.0 Å². The summed E-state index contributed by atoms with van der Waals surface area (Å²) in [7, 11) is 1.26. The zero-order valence-electron chi connectivity index (χ0n) is 16.6. The third kappa shape index (κ3) is 7.10. The first-order valence-electron chi connectivity index (χ1n) is 8.65. The molecule has 0 radical (unpaired) electrons. The molecule has 0 aromatic heterocycles. The van der Waals surface area contributed by atoms with Gasteiger partial charge in [-0.25, -0.2) is 4.79 Å². The van der Waals surface area contributed by atoms with E-state index in [-0.39, 0.29) is 28.1 Å². The van der Waals surface area contributed by atoms with Crippen molar-refractivity contribution in [2.75, 3.05) is 7.11 Å². The van der Waals surface area contributed by atoms with Crippen molar-refractivity contribution in [3.8, 4) is 11.8 Å². The van der Waals surface area contributed by atoms with E-state index in [1.165, 1.54) is 25.3 Å². The Morgan fingerprint density at radius 2 is 1.93 bits per heavy atom. The Labute approximate surface area is 159 Å². The maximum Gasteiger partial charge on any atom is 0.328 e. The van der Waals surface area contributed by atoms with E-state index in [9.17, 15) is 19.7 Å². The Bertz CT molecular complexity index is 782. The Hall–Kier alpha value is -2.88. The van der Waals surface area contributed by atoms with Gasteiger partial charge in [0.1, 0.15) is 6.04 Å². The number of hydrogen-bond donors (Lipinski definition) is 1. The average Bonchev–Trinajstić information content (AvgIpc) is 2.57. The topological polar surface area (TPSA) is 98.5 Å². The zero-order valence-corrected chi connectivity index (χ0v) is 16.6. The van der Waals surface area contributed by atoms with Crippen LogP contribution in [0, 0.1) is 33.3 Å². The molecule has 1 unspecified atom stereocenters.